The lowest BCUT2D eigenvalue weighted by atomic mass is 10.1. The Morgan fingerprint density at radius 2 is 1.62 bits per heavy atom. The summed E-state index contributed by atoms with van der Waals surface area (Å²) in [6.45, 7) is 7.53. The average molecular weight is 389 g/mol. The largest absolute Gasteiger partial charge is 0.489 e. The van der Waals surface area contributed by atoms with Crippen LogP contribution in [0.5, 0.6) is 5.75 Å². The van der Waals surface area contributed by atoms with E-state index < -0.39 is 0 Å². The molecule has 3 aromatic carbocycles. The van der Waals surface area contributed by atoms with E-state index in [4.69, 9.17) is 4.74 Å². The van der Waals surface area contributed by atoms with Crippen molar-refractivity contribution in [3.63, 3.8) is 0 Å². The van der Waals surface area contributed by atoms with Crippen LogP contribution in [-0.4, -0.2) is 23.9 Å². The maximum Gasteiger partial charge on any atom is 0.256 e. The summed E-state index contributed by atoms with van der Waals surface area (Å²) >= 11 is 0. The zero-order valence-electron chi connectivity index (χ0n) is 17.1. The van der Waals surface area contributed by atoms with Crippen molar-refractivity contribution in [1.82, 2.24) is 4.90 Å². The SMILES string of the molecule is CCN(CC)Cc1cccc(NC(=O)c2ccccc2COc2ccccc2)c1. The fourth-order valence-electron chi connectivity index (χ4n) is 3.20. The van der Waals surface area contributed by atoms with Crippen molar-refractivity contribution in [2.45, 2.75) is 27.0 Å². The third kappa shape index (κ3) is 5.93. The molecule has 0 aliphatic heterocycles. The summed E-state index contributed by atoms with van der Waals surface area (Å²) in [4.78, 5) is 15.3. The average Bonchev–Trinajstić information content (AvgIpc) is 2.77. The van der Waals surface area contributed by atoms with Gasteiger partial charge in [-0.25, -0.2) is 0 Å². The number of para-hydroxylation sites is 1. The fourth-order valence-corrected chi connectivity index (χ4v) is 3.20. The number of carbonyl (C=O) groups is 1. The molecule has 0 heterocycles. The van der Waals surface area contributed by atoms with E-state index in [0.717, 1.165) is 36.6 Å². The Balaban J connectivity index is 1.69. The molecule has 0 bridgehead atoms. The Hall–Kier alpha value is -3.11. The quantitative estimate of drug-likeness (QED) is 0.536. The number of rotatable bonds is 9. The lowest BCUT2D eigenvalue weighted by Gasteiger charge is -2.18. The fraction of sp³-hybridized carbons (Fsp3) is 0.240. The number of hydrogen-bond acceptors (Lipinski definition) is 3. The van der Waals surface area contributed by atoms with Gasteiger partial charge in [0.2, 0.25) is 0 Å². The van der Waals surface area contributed by atoms with E-state index >= 15 is 0 Å². The second-order valence-corrected chi connectivity index (χ2v) is 6.87. The number of carbonyl (C=O) groups excluding carboxylic acids is 1. The van der Waals surface area contributed by atoms with Crippen LogP contribution in [0.2, 0.25) is 0 Å². The second kappa shape index (κ2) is 10.4. The van der Waals surface area contributed by atoms with Crippen molar-refractivity contribution in [1.29, 1.82) is 0 Å². The van der Waals surface area contributed by atoms with Crippen LogP contribution in [0, 0.1) is 0 Å². The molecule has 0 aliphatic rings. The molecular weight excluding hydrogens is 360 g/mol. The molecule has 0 saturated heterocycles. The smallest absolute Gasteiger partial charge is 0.256 e. The van der Waals surface area contributed by atoms with Crippen LogP contribution >= 0.6 is 0 Å². The Morgan fingerprint density at radius 3 is 2.38 bits per heavy atom. The number of amides is 1. The Kier molecular flexibility index (Phi) is 7.42. The molecule has 0 atom stereocenters. The van der Waals surface area contributed by atoms with Crippen molar-refractivity contribution < 1.29 is 9.53 Å². The molecule has 1 amide bonds. The number of hydrogen-bond donors (Lipinski definition) is 1. The van der Waals surface area contributed by atoms with Crippen molar-refractivity contribution in [2.75, 3.05) is 18.4 Å². The molecule has 0 fully saturated rings. The summed E-state index contributed by atoms with van der Waals surface area (Å²) in [6, 6.07) is 25.2. The minimum absolute atomic E-state index is 0.128. The number of ether oxygens (including phenoxy) is 1. The van der Waals surface area contributed by atoms with Crippen LogP contribution in [0.15, 0.2) is 78.9 Å². The van der Waals surface area contributed by atoms with Gasteiger partial charge >= 0.3 is 0 Å². The molecule has 1 N–H and O–H groups in total. The van der Waals surface area contributed by atoms with Crippen molar-refractivity contribution in [3.8, 4) is 5.75 Å². The molecule has 3 aromatic rings. The first-order chi connectivity index (χ1) is 14.2. The third-order valence-corrected chi connectivity index (χ3v) is 4.88. The summed E-state index contributed by atoms with van der Waals surface area (Å²) in [7, 11) is 0. The number of nitrogens with zero attached hydrogens (tertiary/aromatic N) is 1. The standard InChI is InChI=1S/C25H28N2O2/c1-3-27(4-2)18-20-11-10-13-22(17-20)26-25(28)24-16-9-8-12-21(24)19-29-23-14-6-5-7-15-23/h5-17H,3-4,18-19H2,1-2H3,(H,26,28). The van der Waals surface area contributed by atoms with Crippen LogP contribution in [-0.2, 0) is 13.2 Å². The lowest BCUT2D eigenvalue weighted by molar-refractivity contribution is 0.102. The highest BCUT2D eigenvalue weighted by Gasteiger charge is 2.12. The number of anilines is 1. The maximum absolute atomic E-state index is 12.9. The van der Waals surface area contributed by atoms with Gasteiger partial charge in [0.15, 0.2) is 0 Å². The number of nitrogens with one attached hydrogen (secondary N) is 1. The van der Waals surface area contributed by atoms with E-state index in [1.807, 2.05) is 72.8 Å². The van der Waals surface area contributed by atoms with E-state index in [9.17, 15) is 4.79 Å². The molecule has 4 nitrogen and oxygen atoms in total. The van der Waals surface area contributed by atoms with Gasteiger partial charge in [0.1, 0.15) is 12.4 Å². The molecule has 3 rings (SSSR count). The van der Waals surface area contributed by atoms with Crippen LogP contribution in [0.4, 0.5) is 5.69 Å². The van der Waals surface area contributed by atoms with Gasteiger partial charge in [-0.05, 0) is 49.0 Å². The first-order valence-electron chi connectivity index (χ1n) is 10.1. The molecule has 0 aliphatic carbocycles. The molecule has 0 aromatic heterocycles. The van der Waals surface area contributed by atoms with Gasteiger partial charge in [-0.15, -0.1) is 0 Å². The molecule has 0 radical (unpaired) electrons. The first kappa shape index (κ1) is 20.6. The highest BCUT2D eigenvalue weighted by atomic mass is 16.5. The Morgan fingerprint density at radius 1 is 0.897 bits per heavy atom. The van der Waals surface area contributed by atoms with E-state index in [1.54, 1.807) is 0 Å². The van der Waals surface area contributed by atoms with Gasteiger partial charge in [0.25, 0.3) is 5.91 Å². The van der Waals surface area contributed by atoms with Gasteiger partial charge < -0.3 is 10.1 Å². The summed E-state index contributed by atoms with van der Waals surface area (Å²) in [5, 5.41) is 3.03. The van der Waals surface area contributed by atoms with Gasteiger partial charge in [0.05, 0.1) is 0 Å². The molecule has 0 saturated carbocycles. The second-order valence-electron chi connectivity index (χ2n) is 6.87. The zero-order chi connectivity index (χ0) is 20.5. The van der Waals surface area contributed by atoms with Crippen LogP contribution < -0.4 is 10.1 Å². The summed E-state index contributed by atoms with van der Waals surface area (Å²) in [5.41, 5.74) is 3.47. The predicted molar refractivity (Wildman–Crippen MR) is 118 cm³/mol. The van der Waals surface area contributed by atoms with Gasteiger partial charge in [-0.2, -0.15) is 0 Å². The summed E-state index contributed by atoms with van der Waals surface area (Å²) in [5.74, 6) is 0.657. The van der Waals surface area contributed by atoms with Gasteiger partial charge in [-0.3, -0.25) is 9.69 Å². The molecule has 0 unspecified atom stereocenters. The molecular formula is C25H28N2O2. The predicted octanol–water partition coefficient (Wildman–Crippen LogP) is 5.36. The number of benzene rings is 3. The monoisotopic (exact) mass is 388 g/mol. The van der Waals surface area contributed by atoms with Gasteiger partial charge in [-0.1, -0.05) is 62.4 Å². The highest BCUT2D eigenvalue weighted by Crippen LogP contribution is 2.18. The minimum Gasteiger partial charge on any atom is -0.489 e. The Bertz CT molecular complexity index is 921. The molecule has 29 heavy (non-hydrogen) atoms. The molecule has 0 spiro atoms. The summed E-state index contributed by atoms with van der Waals surface area (Å²) < 4.78 is 5.84. The first-order valence-corrected chi connectivity index (χ1v) is 10.1. The normalized spacial score (nSPS) is 10.7. The van der Waals surface area contributed by atoms with E-state index in [1.165, 1.54) is 5.56 Å². The molecule has 4 heteroatoms. The van der Waals surface area contributed by atoms with Gasteiger partial charge in [0, 0.05) is 23.4 Å². The van der Waals surface area contributed by atoms with E-state index in [0.29, 0.717) is 12.2 Å². The third-order valence-electron chi connectivity index (χ3n) is 4.88. The van der Waals surface area contributed by atoms with E-state index in [2.05, 4.69) is 30.1 Å². The van der Waals surface area contributed by atoms with Crippen LogP contribution in [0.1, 0.15) is 35.3 Å². The topological polar surface area (TPSA) is 41.6 Å². The van der Waals surface area contributed by atoms with Crippen molar-refractivity contribution in [3.05, 3.63) is 95.6 Å². The van der Waals surface area contributed by atoms with Crippen LogP contribution in [0.25, 0.3) is 0 Å². The minimum atomic E-state index is -0.128. The lowest BCUT2D eigenvalue weighted by Crippen LogP contribution is -2.22. The van der Waals surface area contributed by atoms with E-state index in [-0.39, 0.29) is 5.91 Å². The van der Waals surface area contributed by atoms with Crippen LogP contribution in [0.3, 0.4) is 0 Å². The Labute approximate surface area is 173 Å². The highest BCUT2D eigenvalue weighted by molar-refractivity contribution is 6.05. The van der Waals surface area contributed by atoms with Crippen molar-refractivity contribution >= 4 is 11.6 Å². The zero-order valence-corrected chi connectivity index (χ0v) is 17.1. The van der Waals surface area contributed by atoms with Crippen molar-refractivity contribution in [2.24, 2.45) is 0 Å². The molecule has 150 valence electrons. The maximum atomic E-state index is 12.9. The summed E-state index contributed by atoms with van der Waals surface area (Å²) in [6.07, 6.45) is 0.